The van der Waals surface area contributed by atoms with E-state index in [0.29, 0.717) is 17.1 Å². The zero-order chi connectivity index (χ0) is 19.4. The standard InChI is InChI=1S/C19H19NO6S/c1-11-2-5-13(6-3-11)27(23,24)17-16(19(17,9-20)18(21)22)12-4-7-14-15(8-12)26-10-25-14/h2-8,16-17H,9-10,20H2,1H3,(H,21,22)/t16-,17+,19-/m1/s1. The van der Waals surface area contributed by atoms with E-state index in [1.165, 1.54) is 12.1 Å². The van der Waals surface area contributed by atoms with Gasteiger partial charge in [-0.15, -0.1) is 0 Å². The van der Waals surface area contributed by atoms with Gasteiger partial charge in [0.1, 0.15) is 5.41 Å². The monoisotopic (exact) mass is 389 g/mol. The number of aliphatic carboxylic acids is 1. The second-order valence-corrected chi connectivity index (χ2v) is 8.99. The summed E-state index contributed by atoms with van der Waals surface area (Å²) in [6, 6.07) is 11.4. The van der Waals surface area contributed by atoms with Gasteiger partial charge in [0.2, 0.25) is 6.79 Å². The lowest BCUT2D eigenvalue weighted by molar-refractivity contribution is -0.143. The van der Waals surface area contributed by atoms with Crippen molar-refractivity contribution in [3.63, 3.8) is 0 Å². The van der Waals surface area contributed by atoms with E-state index in [1.54, 1.807) is 30.3 Å². The first-order valence-electron chi connectivity index (χ1n) is 8.46. The first kappa shape index (κ1) is 17.8. The van der Waals surface area contributed by atoms with Crippen LogP contribution in [0.25, 0.3) is 0 Å². The molecule has 1 fully saturated rings. The van der Waals surface area contributed by atoms with E-state index in [-0.39, 0.29) is 18.2 Å². The summed E-state index contributed by atoms with van der Waals surface area (Å²) < 4.78 is 37.1. The van der Waals surface area contributed by atoms with Crippen LogP contribution < -0.4 is 15.2 Å². The fourth-order valence-corrected chi connectivity index (χ4v) is 6.28. The van der Waals surface area contributed by atoms with Crippen LogP contribution >= 0.6 is 0 Å². The molecule has 0 saturated heterocycles. The van der Waals surface area contributed by atoms with Crippen LogP contribution in [0.3, 0.4) is 0 Å². The minimum Gasteiger partial charge on any atom is -0.481 e. The molecule has 2 aromatic carbocycles. The van der Waals surface area contributed by atoms with Gasteiger partial charge in [0.25, 0.3) is 0 Å². The summed E-state index contributed by atoms with van der Waals surface area (Å²) in [5.41, 5.74) is 5.71. The van der Waals surface area contributed by atoms with Gasteiger partial charge in [0, 0.05) is 12.5 Å². The predicted molar refractivity (Wildman–Crippen MR) is 96.6 cm³/mol. The highest BCUT2D eigenvalue weighted by atomic mass is 32.2. The molecule has 3 N–H and O–H groups in total. The Bertz CT molecular complexity index is 1020. The topological polar surface area (TPSA) is 116 Å². The molecule has 142 valence electrons. The number of carboxylic acids is 1. The smallest absolute Gasteiger partial charge is 0.312 e. The van der Waals surface area contributed by atoms with Gasteiger partial charge in [-0.05, 0) is 36.8 Å². The minimum atomic E-state index is -3.89. The SMILES string of the molecule is Cc1ccc(S(=O)(=O)[C@H]2[C@@H](c3ccc4c(c3)OCO4)[C@@]2(CN)C(=O)O)cc1. The summed E-state index contributed by atoms with van der Waals surface area (Å²) in [6.45, 7) is 1.65. The second-order valence-electron chi connectivity index (χ2n) is 6.92. The zero-order valence-corrected chi connectivity index (χ0v) is 15.4. The lowest BCUT2D eigenvalue weighted by Gasteiger charge is -2.10. The summed E-state index contributed by atoms with van der Waals surface area (Å²) in [7, 11) is -3.89. The molecule has 0 bridgehead atoms. The van der Waals surface area contributed by atoms with E-state index >= 15 is 0 Å². The zero-order valence-electron chi connectivity index (χ0n) is 14.6. The molecule has 1 aliphatic heterocycles. The van der Waals surface area contributed by atoms with Crippen molar-refractivity contribution in [2.45, 2.75) is 23.0 Å². The van der Waals surface area contributed by atoms with Crippen molar-refractivity contribution < 1.29 is 27.8 Å². The molecule has 0 spiro atoms. The fourth-order valence-electron chi connectivity index (χ4n) is 3.90. The Balaban J connectivity index is 1.80. The molecule has 2 aromatic rings. The van der Waals surface area contributed by atoms with Crippen molar-refractivity contribution in [2.75, 3.05) is 13.3 Å². The maximum absolute atomic E-state index is 13.2. The molecule has 1 saturated carbocycles. The number of fused-ring (bicyclic) bond motifs is 1. The van der Waals surface area contributed by atoms with Crippen LogP contribution in [0.1, 0.15) is 17.0 Å². The first-order valence-corrected chi connectivity index (χ1v) is 10.0. The molecule has 27 heavy (non-hydrogen) atoms. The molecule has 0 unspecified atom stereocenters. The van der Waals surface area contributed by atoms with Gasteiger partial charge < -0.3 is 20.3 Å². The number of nitrogens with two attached hydrogens (primary N) is 1. The van der Waals surface area contributed by atoms with Gasteiger partial charge >= 0.3 is 5.97 Å². The summed E-state index contributed by atoms with van der Waals surface area (Å²) in [6.07, 6.45) is 0. The summed E-state index contributed by atoms with van der Waals surface area (Å²) in [5.74, 6) is -0.956. The maximum Gasteiger partial charge on any atom is 0.312 e. The van der Waals surface area contributed by atoms with Gasteiger partial charge in [-0.2, -0.15) is 0 Å². The van der Waals surface area contributed by atoms with Crippen molar-refractivity contribution in [2.24, 2.45) is 11.1 Å². The highest BCUT2D eigenvalue weighted by molar-refractivity contribution is 7.92. The molecule has 1 aliphatic carbocycles. The Morgan fingerprint density at radius 2 is 1.85 bits per heavy atom. The van der Waals surface area contributed by atoms with Crippen molar-refractivity contribution in [3.8, 4) is 11.5 Å². The van der Waals surface area contributed by atoms with Gasteiger partial charge in [0.15, 0.2) is 21.3 Å². The lowest BCUT2D eigenvalue weighted by atomic mass is 9.99. The quantitative estimate of drug-likeness (QED) is 0.799. The van der Waals surface area contributed by atoms with Crippen LogP contribution in [0.5, 0.6) is 11.5 Å². The number of hydrogen-bond donors (Lipinski definition) is 2. The molecule has 2 aliphatic rings. The number of carboxylic acid groups (broad SMARTS) is 1. The van der Waals surface area contributed by atoms with Gasteiger partial charge in [-0.1, -0.05) is 23.8 Å². The fraction of sp³-hybridized carbons (Fsp3) is 0.316. The second kappa shape index (κ2) is 5.97. The molecule has 7 nitrogen and oxygen atoms in total. The van der Waals surface area contributed by atoms with Crippen molar-refractivity contribution in [3.05, 3.63) is 53.6 Å². The van der Waals surface area contributed by atoms with Crippen molar-refractivity contribution in [1.29, 1.82) is 0 Å². The third-order valence-corrected chi connectivity index (χ3v) is 7.72. The minimum absolute atomic E-state index is 0.0789. The summed E-state index contributed by atoms with van der Waals surface area (Å²) in [4.78, 5) is 12.2. The van der Waals surface area contributed by atoms with Gasteiger partial charge in [0.05, 0.1) is 10.1 Å². The number of hydrogen-bond acceptors (Lipinski definition) is 6. The molecule has 4 rings (SSSR count). The van der Waals surface area contributed by atoms with E-state index in [2.05, 4.69) is 0 Å². The van der Waals surface area contributed by atoms with Crippen LogP contribution in [-0.4, -0.2) is 38.1 Å². The molecule has 3 atom stereocenters. The van der Waals surface area contributed by atoms with E-state index in [1.807, 2.05) is 6.92 Å². The Kier molecular flexibility index (Phi) is 3.94. The Morgan fingerprint density at radius 3 is 2.48 bits per heavy atom. The van der Waals surface area contributed by atoms with Crippen LogP contribution in [0.4, 0.5) is 0 Å². The number of ether oxygens (including phenoxy) is 2. The predicted octanol–water partition coefficient (Wildman–Crippen LogP) is 1.69. The number of aryl methyl sites for hydroxylation is 1. The number of rotatable bonds is 5. The number of sulfone groups is 1. The van der Waals surface area contributed by atoms with E-state index in [9.17, 15) is 18.3 Å². The van der Waals surface area contributed by atoms with Crippen LogP contribution in [0, 0.1) is 12.3 Å². The van der Waals surface area contributed by atoms with Crippen molar-refractivity contribution >= 4 is 15.8 Å². The van der Waals surface area contributed by atoms with E-state index in [4.69, 9.17) is 15.2 Å². The average Bonchev–Trinajstić information content (AvgIpc) is 3.15. The molecule has 0 radical (unpaired) electrons. The Hall–Kier alpha value is -2.58. The molecule has 1 heterocycles. The van der Waals surface area contributed by atoms with Gasteiger partial charge in [-0.25, -0.2) is 8.42 Å². The Morgan fingerprint density at radius 1 is 1.19 bits per heavy atom. The number of carbonyl (C=O) groups is 1. The third kappa shape index (κ3) is 2.51. The number of benzene rings is 2. The highest BCUT2D eigenvalue weighted by Gasteiger charge is 2.75. The molecular weight excluding hydrogens is 370 g/mol. The summed E-state index contributed by atoms with van der Waals surface area (Å²) in [5, 5.41) is 8.71. The largest absolute Gasteiger partial charge is 0.481 e. The van der Waals surface area contributed by atoms with Crippen LogP contribution in [-0.2, 0) is 14.6 Å². The lowest BCUT2D eigenvalue weighted by Crippen LogP contribution is -2.31. The molecule has 8 heteroatoms. The summed E-state index contributed by atoms with van der Waals surface area (Å²) >= 11 is 0. The normalized spacial score (nSPS) is 26.0. The molecule has 0 aromatic heterocycles. The first-order chi connectivity index (χ1) is 12.8. The van der Waals surface area contributed by atoms with Crippen molar-refractivity contribution in [1.82, 2.24) is 0 Å². The van der Waals surface area contributed by atoms with Crippen LogP contribution in [0.2, 0.25) is 0 Å². The molecule has 0 amide bonds. The average molecular weight is 389 g/mol. The van der Waals surface area contributed by atoms with E-state index in [0.717, 1.165) is 5.56 Å². The van der Waals surface area contributed by atoms with E-state index < -0.39 is 32.4 Å². The highest BCUT2D eigenvalue weighted by Crippen LogP contribution is 2.64. The Labute approximate surface area is 156 Å². The third-order valence-electron chi connectivity index (χ3n) is 5.43. The maximum atomic E-state index is 13.2. The molecular formula is C19H19NO6S. The van der Waals surface area contributed by atoms with Crippen LogP contribution in [0.15, 0.2) is 47.4 Å². The van der Waals surface area contributed by atoms with Gasteiger partial charge in [-0.3, -0.25) is 4.79 Å².